The second-order valence-corrected chi connectivity index (χ2v) is 5.92. The summed E-state index contributed by atoms with van der Waals surface area (Å²) in [6.45, 7) is 3.29. The summed E-state index contributed by atoms with van der Waals surface area (Å²) < 4.78 is 11.6. The van der Waals surface area contributed by atoms with Crippen LogP contribution in [0.1, 0.15) is 12.5 Å². The summed E-state index contributed by atoms with van der Waals surface area (Å²) in [5, 5.41) is 8.99. The average molecular weight is 348 g/mol. The predicted octanol–water partition coefficient (Wildman–Crippen LogP) is 4.93. The summed E-state index contributed by atoms with van der Waals surface area (Å²) in [6.07, 6.45) is 0. The highest BCUT2D eigenvalue weighted by atomic mass is 16.5. The van der Waals surface area contributed by atoms with E-state index in [9.17, 15) is 0 Å². The third-order valence-electron chi connectivity index (χ3n) is 4.17. The fourth-order valence-electron chi connectivity index (χ4n) is 3.05. The minimum Gasteiger partial charge on any atom is -0.493 e. The molecule has 0 saturated carbocycles. The summed E-state index contributed by atoms with van der Waals surface area (Å²) in [4.78, 5) is 0. The predicted molar refractivity (Wildman–Crippen MR) is 105 cm³/mol. The van der Waals surface area contributed by atoms with E-state index < -0.39 is 0 Å². The molecule has 26 heavy (non-hydrogen) atoms. The molecule has 0 aliphatic heterocycles. The van der Waals surface area contributed by atoms with Gasteiger partial charge in [-0.15, -0.1) is 0 Å². The van der Waals surface area contributed by atoms with E-state index in [1.807, 2.05) is 43.3 Å². The molecule has 0 fully saturated rings. The molecule has 0 saturated heterocycles. The van der Waals surface area contributed by atoms with E-state index in [2.05, 4.69) is 36.4 Å². The SMILES string of the molecule is CCOc1c(COCCO)ccc(-c2ccccc2)c1-c1ccccc1. The maximum atomic E-state index is 8.99. The van der Waals surface area contributed by atoms with Crippen LogP contribution in [0.15, 0.2) is 72.8 Å². The molecule has 0 atom stereocenters. The monoisotopic (exact) mass is 348 g/mol. The zero-order chi connectivity index (χ0) is 18.2. The largest absolute Gasteiger partial charge is 0.493 e. The molecular formula is C23H24O3. The van der Waals surface area contributed by atoms with Crippen LogP contribution < -0.4 is 4.74 Å². The van der Waals surface area contributed by atoms with Crippen molar-refractivity contribution in [3.8, 4) is 28.0 Å². The van der Waals surface area contributed by atoms with Crippen molar-refractivity contribution in [2.75, 3.05) is 19.8 Å². The molecule has 0 bridgehead atoms. The molecule has 3 heteroatoms. The number of rotatable bonds is 8. The Morgan fingerprint density at radius 3 is 2.08 bits per heavy atom. The zero-order valence-electron chi connectivity index (χ0n) is 15.0. The van der Waals surface area contributed by atoms with Crippen LogP contribution in [0.2, 0.25) is 0 Å². The minimum atomic E-state index is 0.0115. The van der Waals surface area contributed by atoms with Crippen LogP contribution in [0.4, 0.5) is 0 Å². The van der Waals surface area contributed by atoms with Crippen LogP contribution in [0, 0.1) is 0 Å². The van der Waals surface area contributed by atoms with Crippen LogP contribution >= 0.6 is 0 Å². The molecule has 0 unspecified atom stereocenters. The van der Waals surface area contributed by atoms with Crippen molar-refractivity contribution in [1.82, 2.24) is 0 Å². The molecule has 0 aliphatic rings. The quantitative estimate of drug-likeness (QED) is 0.587. The van der Waals surface area contributed by atoms with E-state index in [0.717, 1.165) is 33.6 Å². The molecule has 3 nitrogen and oxygen atoms in total. The lowest BCUT2D eigenvalue weighted by atomic mass is 9.91. The first-order valence-corrected chi connectivity index (χ1v) is 8.93. The maximum Gasteiger partial charge on any atom is 0.133 e. The molecule has 0 heterocycles. The topological polar surface area (TPSA) is 38.7 Å². The second-order valence-electron chi connectivity index (χ2n) is 5.92. The van der Waals surface area contributed by atoms with E-state index in [4.69, 9.17) is 14.6 Å². The van der Waals surface area contributed by atoms with Crippen molar-refractivity contribution in [2.24, 2.45) is 0 Å². The maximum absolute atomic E-state index is 8.99. The van der Waals surface area contributed by atoms with Gasteiger partial charge in [-0.3, -0.25) is 0 Å². The Morgan fingerprint density at radius 1 is 0.808 bits per heavy atom. The van der Waals surface area contributed by atoms with Crippen LogP contribution in [0.25, 0.3) is 22.3 Å². The first kappa shape index (κ1) is 18.2. The molecule has 0 aliphatic carbocycles. The first-order valence-electron chi connectivity index (χ1n) is 8.93. The van der Waals surface area contributed by atoms with Crippen LogP contribution in [-0.4, -0.2) is 24.9 Å². The average Bonchev–Trinajstić information content (AvgIpc) is 2.70. The van der Waals surface area contributed by atoms with Crippen molar-refractivity contribution >= 4 is 0 Å². The van der Waals surface area contributed by atoms with Crippen LogP contribution in [0.3, 0.4) is 0 Å². The number of aliphatic hydroxyl groups is 1. The number of benzene rings is 3. The molecule has 3 aromatic rings. The number of ether oxygens (including phenoxy) is 2. The van der Waals surface area contributed by atoms with Crippen molar-refractivity contribution in [3.63, 3.8) is 0 Å². The second kappa shape index (κ2) is 9.18. The molecule has 0 radical (unpaired) electrons. The van der Waals surface area contributed by atoms with Gasteiger partial charge in [0, 0.05) is 11.1 Å². The third kappa shape index (κ3) is 4.13. The molecule has 0 amide bonds. The lowest BCUT2D eigenvalue weighted by molar-refractivity contribution is 0.0801. The summed E-state index contributed by atoms with van der Waals surface area (Å²) >= 11 is 0. The minimum absolute atomic E-state index is 0.0115. The van der Waals surface area contributed by atoms with Gasteiger partial charge < -0.3 is 14.6 Å². The molecule has 0 spiro atoms. The smallest absolute Gasteiger partial charge is 0.133 e. The van der Waals surface area contributed by atoms with Gasteiger partial charge in [-0.25, -0.2) is 0 Å². The van der Waals surface area contributed by atoms with E-state index in [1.54, 1.807) is 0 Å². The highest BCUT2D eigenvalue weighted by Gasteiger charge is 2.17. The van der Waals surface area contributed by atoms with Gasteiger partial charge in [-0.2, -0.15) is 0 Å². The fraction of sp³-hybridized carbons (Fsp3) is 0.217. The number of hydrogen-bond donors (Lipinski definition) is 1. The Balaban J connectivity index is 2.17. The molecule has 3 rings (SSSR count). The number of hydrogen-bond acceptors (Lipinski definition) is 3. The van der Waals surface area contributed by atoms with E-state index in [-0.39, 0.29) is 6.61 Å². The molecule has 0 aromatic heterocycles. The van der Waals surface area contributed by atoms with Gasteiger partial charge in [0.15, 0.2) is 0 Å². The standard InChI is InChI=1S/C23H24O3/c1-2-26-23-20(17-25-16-15-24)13-14-21(18-9-5-3-6-10-18)22(23)19-11-7-4-8-12-19/h3-14,24H,2,15-17H2,1H3. The highest BCUT2D eigenvalue weighted by molar-refractivity contribution is 5.88. The van der Waals surface area contributed by atoms with Crippen molar-refractivity contribution in [3.05, 3.63) is 78.4 Å². The Kier molecular flexibility index (Phi) is 6.42. The van der Waals surface area contributed by atoms with Gasteiger partial charge in [-0.05, 0) is 23.6 Å². The van der Waals surface area contributed by atoms with Gasteiger partial charge in [0.1, 0.15) is 5.75 Å². The Hall–Kier alpha value is -2.62. The van der Waals surface area contributed by atoms with E-state index in [0.29, 0.717) is 19.8 Å². The normalized spacial score (nSPS) is 10.7. The molecule has 1 N–H and O–H groups in total. The van der Waals surface area contributed by atoms with Crippen LogP contribution in [-0.2, 0) is 11.3 Å². The Labute approximate surface area is 154 Å². The molecule has 134 valence electrons. The Morgan fingerprint density at radius 2 is 1.46 bits per heavy atom. The van der Waals surface area contributed by atoms with Gasteiger partial charge in [0.05, 0.1) is 26.4 Å². The summed E-state index contributed by atoms with van der Waals surface area (Å²) in [7, 11) is 0. The first-order chi connectivity index (χ1) is 12.8. The lowest BCUT2D eigenvalue weighted by Crippen LogP contribution is -2.04. The van der Waals surface area contributed by atoms with Crippen LogP contribution in [0.5, 0.6) is 5.75 Å². The lowest BCUT2D eigenvalue weighted by Gasteiger charge is -2.19. The fourth-order valence-corrected chi connectivity index (χ4v) is 3.05. The summed E-state index contributed by atoms with van der Waals surface area (Å²) in [5.41, 5.74) is 5.45. The number of aliphatic hydroxyl groups excluding tert-OH is 1. The molecular weight excluding hydrogens is 324 g/mol. The molecule has 3 aromatic carbocycles. The van der Waals surface area contributed by atoms with Crippen molar-refractivity contribution < 1.29 is 14.6 Å². The van der Waals surface area contributed by atoms with Gasteiger partial charge in [0.25, 0.3) is 0 Å². The van der Waals surface area contributed by atoms with Crippen molar-refractivity contribution in [2.45, 2.75) is 13.5 Å². The van der Waals surface area contributed by atoms with Gasteiger partial charge in [0.2, 0.25) is 0 Å². The third-order valence-corrected chi connectivity index (χ3v) is 4.17. The van der Waals surface area contributed by atoms with Crippen molar-refractivity contribution in [1.29, 1.82) is 0 Å². The summed E-state index contributed by atoms with van der Waals surface area (Å²) in [6, 6.07) is 24.8. The highest BCUT2D eigenvalue weighted by Crippen LogP contribution is 2.41. The summed E-state index contributed by atoms with van der Waals surface area (Å²) in [5.74, 6) is 0.845. The van der Waals surface area contributed by atoms with E-state index >= 15 is 0 Å². The zero-order valence-corrected chi connectivity index (χ0v) is 15.0. The Bertz CT molecular complexity index is 814. The van der Waals surface area contributed by atoms with E-state index in [1.165, 1.54) is 0 Å². The van der Waals surface area contributed by atoms with Gasteiger partial charge in [-0.1, -0.05) is 72.8 Å². The van der Waals surface area contributed by atoms with Gasteiger partial charge >= 0.3 is 0 Å².